The van der Waals surface area contributed by atoms with Crippen molar-refractivity contribution in [2.24, 2.45) is 0 Å². The van der Waals surface area contributed by atoms with Gasteiger partial charge in [0.25, 0.3) is 0 Å². The van der Waals surface area contributed by atoms with Crippen LogP contribution in [-0.2, 0) is 18.4 Å². The van der Waals surface area contributed by atoms with Gasteiger partial charge in [0.05, 0.1) is 24.8 Å². The van der Waals surface area contributed by atoms with Gasteiger partial charge in [-0.1, -0.05) is 12.8 Å². The average Bonchev–Trinajstić information content (AvgIpc) is 3.09. The van der Waals surface area contributed by atoms with E-state index in [0.717, 1.165) is 25.0 Å². The normalized spacial score (nSPS) is 26.4. The SMILES string of the molecule is CC(C)OP(=O)(O)OCCCCCCNC(=O)CC1SCC2NC(=O)NC21. The van der Waals surface area contributed by atoms with E-state index in [-0.39, 0.29) is 42.0 Å². The molecule has 0 radical (unpaired) electrons. The second-order valence-corrected chi connectivity index (χ2v) is 9.72. The maximum absolute atomic E-state index is 12.1. The molecule has 0 spiro atoms. The number of hydrogen-bond donors (Lipinski definition) is 4. The van der Waals surface area contributed by atoms with Crippen LogP contribution in [0.1, 0.15) is 46.0 Å². The van der Waals surface area contributed by atoms with Crippen molar-refractivity contribution in [1.82, 2.24) is 16.0 Å². The number of carbonyl (C=O) groups is 2. The molecule has 2 aliphatic rings. The molecule has 0 aromatic carbocycles. The molecule has 4 atom stereocenters. The van der Waals surface area contributed by atoms with Crippen LogP contribution in [0.5, 0.6) is 0 Å². The topological polar surface area (TPSA) is 126 Å². The van der Waals surface area contributed by atoms with Crippen molar-refractivity contribution in [3.05, 3.63) is 0 Å². The molecular formula is C16H30N3O6PS. The van der Waals surface area contributed by atoms with Gasteiger partial charge in [-0.3, -0.25) is 13.8 Å². The van der Waals surface area contributed by atoms with E-state index in [1.54, 1.807) is 25.6 Å². The first-order chi connectivity index (χ1) is 12.8. The molecule has 156 valence electrons. The van der Waals surface area contributed by atoms with E-state index < -0.39 is 7.82 Å². The minimum Gasteiger partial charge on any atom is -0.356 e. The second kappa shape index (κ2) is 10.7. The summed E-state index contributed by atoms with van der Waals surface area (Å²) < 4.78 is 21.2. The Morgan fingerprint density at radius 2 is 2.07 bits per heavy atom. The fourth-order valence-corrected chi connectivity index (χ4v) is 5.54. The summed E-state index contributed by atoms with van der Waals surface area (Å²) in [5, 5.41) is 8.77. The highest BCUT2D eigenvalue weighted by molar-refractivity contribution is 8.00. The number of hydrogen-bond acceptors (Lipinski definition) is 6. The van der Waals surface area contributed by atoms with Gasteiger partial charge in [-0.2, -0.15) is 11.8 Å². The molecule has 2 fully saturated rings. The fourth-order valence-electron chi connectivity index (χ4n) is 3.11. The molecule has 4 unspecified atom stereocenters. The summed E-state index contributed by atoms with van der Waals surface area (Å²) in [6.45, 7) is 4.12. The highest BCUT2D eigenvalue weighted by atomic mass is 32.2. The largest absolute Gasteiger partial charge is 0.472 e. The van der Waals surface area contributed by atoms with Gasteiger partial charge in [0, 0.05) is 24.0 Å². The number of amides is 3. The molecule has 2 heterocycles. The van der Waals surface area contributed by atoms with Gasteiger partial charge < -0.3 is 20.8 Å². The number of nitrogens with one attached hydrogen (secondary N) is 3. The lowest BCUT2D eigenvalue weighted by Crippen LogP contribution is -2.39. The highest BCUT2D eigenvalue weighted by Gasteiger charge is 2.43. The zero-order valence-corrected chi connectivity index (χ0v) is 17.5. The summed E-state index contributed by atoms with van der Waals surface area (Å²) in [6, 6.07) is 0.0196. The molecule has 2 rings (SSSR count). The molecule has 2 aliphatic heterocycles. The Morgan fingerprint density at radius 3 is 2.81 bits per heavy atom. The lowest BCUT2D eigenvalue weighted by Gasteiger charge is -2.16. The summed E-state index contributed by atoms with van der Waals surface area (Å²) in [5.74, 6) is 0.844. The van der Waals surface area contributed by atoms with E-state index >= 15 is 0 Å². The molecule has 27 heavy (non-hydrogen) atoms. The highest BCUT2D eigenvalue weighted by Crippen LogP contribution is 2.44. The standard InChI is InChI=1S/C16H30N3O6PS/c1-11(2)25-26(22,23)24-8-6-4-3-5-7-17-14(20)9-13-15-12(10-27-13)18-16(21)19-15/h11-13,15H,3-10H2,1-2H3,(H,17,20)(H,22,23)(H2,18,19,21). The Labute approximate surface area is 164 Å². The van der Waals surface area contributed by atoms with Crippen LogP contribution in [0.3, 0.4) is 0 Å². The summed E-state index contributed by atoms with van der Waals surface area (Å²) >= 11 is 1.72. The van der Waals surface area contributed by atoms with E-state index in [1.807, 2.05) is 0 Å². The lowest BCUT2D eigenvalue weighted by atomic mass is 10.1. The first-order valence-corrected chi connectivity index (χ1v) is 11.9. The molecule has 4 N–H and O–H groups in total. The van der Waals surface area contributed by atoms with E-state index in [9.17, 15) is 19.0 Å². The number of thioether (sulfide) groups is 1. The summed E-state index contributed by atoms with van der Waals surface area (Å²) in [7, 11) is -3.94. The Balaban J connectivity index is 1.47. The van der Waals surface area contributed by atoms with Crippen LogP contribution in [0.15, 0.2) is 0 Å². The number of rotatable bonds is 12. The molecule has 0 aliphatic carbocycles. The van der Waals surface area contributed by atoms with Crippen molar-refractivity contribution >= 4 is 31.5 Å². The number of unbranched alkanes of at least 4 members (excludes halogenated alkanes) is 3. The zero-order valence-electron chi connectivity index (χ0n) is 15.8. The van der Waals surface area contributed by atoms with Gasteiger partial charge in [0.15, 0.2) is 0 Å². The lowest BCUT2D eigenvalue weighted by molar-refractivity contribution is -0.121. The monoisotopic (exact) mass is 423 g/mol. The predicted molar refractivity (Wildman–Crippen MR) is 104 cm³/mol. The van der Waals surface area contributed by atoms with Crippen molar-refractivity contribution in [2.75, 3.05) is 18.9 Å². The first-order valence-electron chi connectivity index (χ1n) is 9.38. The van der Waals surface area contributed by atoms with Gasteiger partial charge in [-0.25, -0.2) is 9.36 Å². The Morgan fingerprint density at radius 1 is 1.33 bits per heavy atom. The number of phosphoric acid groups is 1. The Kier molecular flexibility index (Phi) is 8.88. The predicted octanol–water partition coefficient (Wildman–Crippen LogP) is 1.76. The van der Waals surface area contributed by atoms with Gasteiger partial charge in [0.1, 0.15) is 0 Å². The van der Waals surface area contributed by atoms with Crippen molar-refractivity contribution in [1.29, 1.82) is 0 Å². The molecule has 0 aromatic heterocycles. The number of carbonyl (C=O) groups excluding carboxylic acids is 2. The average molecular weight is 423 g/mol. The summed E-state index contributed by atoms with van der Waals surface area (Å²) in [5.41, 5.74) is 0. The van der Waals surface area contributed by atoms with Gasteiger partial charge in [-0.05, 0) is 26.7 Å². The molecule has 0 bridgehead atoms. The molecule has 3 amide bonds. The van der Waals surface area contributed by atoms with Crippen molar-refractivity contribution in [3.8, 4) is 0 Å². The van der Waals surface area contributed by atoms with Gasteiger partial charge >= 0.3 is 13.9 Å². The van der Waals surface area contributed by atoms with Crippen molar-refractivity contribution < 1.29 is 28.1 Å². The van der Waals surface area contributed by atoms with Crippen molar-refractivity contribution in [3.63, 3.8) is 0 Å². The van der Waals surface area contributed by atoms with E-state index in [1.165, 1.54) is 0 Å². The van der Waals surface area contributed by atoms with E-state index in [4.69, 9.17) is 9.05 Å². The van der Waals surface area contributed by atoms with Crippen LogP contribution in [0.2, 0.25) is 0 Å². The quantitative estimate of drug-likeness (QED) is 0.214. The van der Waals surface area contributed by atoms with Crippen molar-refractivity contribution in [2.45, 2.75) is 69.4 Å². The van der Waals surface area contributed by atoms with Crippen LogP contribution in [0.25, 0.3) is 0 Å². The molecule has 9 nitrogen and oxygen atoms in total. The third-order valence-electron chi connectivity index (χ3n) is 4.32. The first kappa shape index (κ1) is 22.5. The zero-order chi connectivity index (χ0) is 19.9. The van der Waals surface area contributed by atoms with Crippen LogP contribution in [-0.4, -0.2) is 59.2 Å². The molecule has 2 saturated heterocycles. The molecule has 0 aromatic rings. The summed E-state index contributed by atoms with van der Waals surface area (Å²) in [6.07, 6.45) is 3.29. The van der Waals surface area contributed by atoms with Crippen LogP contribution >= 0.6 is 19.6 Å². The molecule has 11 heteroatoms. The maximum Gasteiger partial charge on any atom is 0.472 e. The van der Waals surface area contributed by atoms with Crippen LogP contribution in [0.4, 0.5) is 4.79 Å². The van der Waals surface area contributed by atoms with Crippen LogP contribution in [0, 0.1) is 0 Å². The smallest absolute Gasteiger partial charge is 0.356 e. The maximum atomic E-state index is 12.1. The number of urea groups is 1. The third kappa shape index (κ3) is 7.99. The number of phosphoric ester groups is 1. The van der Waals surface area contributed by atoms with Gasteiger partial charge in [0.2, 0.25) is 5.91 Å². The minimum absolute atomic E-state index is 0.00434. The fraction of sp³-hybridized carbons (Fsp3) is 0.875. The summed E-state index contributed by atoms with van der Waals surface area (Å²) in [4.78, 5) is 32.8. The third-order valence-corrected chi connectivity index (χ3v) is 6.95. The molecular weight excluding hydrogens is 393 g/mol. The minimum atomic E-state index is -3.94. The van der Waals surface area contributed by atoms with E-state index in [0.29, 0.717) is 19.4 Å². The van der Waals surface area contributed by atoms with Crippen LogP contribution < -0.4 is 16.0 Å². The van der Waals surface area contributed by atoms with E-state index in [2.05, 4.69) is 16.0 Å². The molecule has 0 saturated carbocycles. The van der Waals surface area contributed by atoms with Gasteiger partial charge in [-0.15, -0.1) is 0 Å². The second-order valence-electron chi connectivity index (χ2n) is 7.05. The Hall–Kier alpha value is -0.800. The number of fused-ring (bicyclic) bond motifs is 1. The Bertz CT molecular complexity index is 564.